The molecular weight excluding hydrogens is 326 g/mol. The molecule has 7 heteroatoms. The topological polar surface area (TPSA) is 74.1 Å². The lowest BCUT2D eigenvalue weighted by atomic mass is 10.2. The molecule has 0 aliphatic rings. The summed E-state index contributed by atoms with van der Waals surface area (Å²) in [6.45, 7) is 0. The number of nitrogens with zero attached hydrogens (tertiary/aromatic N) is 3. The first-order valence-electron chi connectivity index (χ1n) is 7.30. The van der Waals surface area contributed by atoms with Crippen LogP contribution in [0.3, 0.4) is 0 Å². The molecule has 3 heterocycles. The second-order valence-electron chi connectivity index (χ2n) is 5.22. The summed E-state index contributed by atoms with van der Waals surface area (Å²) in [6, 6.07) is 12.8. The summed E-state index contributed by atoms with van der Waals surface area (Å²) in [6.07, 6.45) is 1.58. The first-order chi connectivity index (χ1) is 11.7. The summed E-state index contributed by atoms with van der Waals surface area (Å²) >= 11 is 1.44. The Labute approximate surface area is 141 Å². The highest BCUT2D eigenvalue weighted by Crippen LogP contribution is 2.25. The Kier molecular flexibility index (Phi) is 3.70. The lowest BCUT2D eigenvalue weighted by molar-refractivity contribution is 0.413. The van der Waals surface area contributed by atoms with Crippen molar-refractivity contribution < 1.29 is 8.94 Å². The zero-order chi connectivity index (χ0) is 16.5. The van der Waals surface area contributed by atoms with Crippen molar-refractivity contribution in [1.29, 1.82) is 0 Å². The monoisotopic (exact) mass is 339 g/mol. The fourth-order valence-electron chi connectivity index (χ4n) is 2.38. The average molecular weight is 339 g/mol. The normalized spacial score (nSPS) is 11.2. The molecule has 1 aromatic carbocycles. The van der Waals surface area contributed by atoms with E-state index in [0.717, 1.165) is 5.69 Å². The Morgan fingerprint density at radius 1 is 1.17 bits per heavy atom. The van der Waals surface area contributed by atoms with Crippen molar-refractivity contribution in [3.05, 3.63) is 64.8 Å². The molecule has 0 aliphatic heterocycles. The Bertz CT molecular complexity index is 1050. The maximum atomic E-state index is 12.4. The minimum atomic E-state index is -0.0560. The molecule has 3 aromatic heterocycles. The Balaban J connectivity index is 1.59. The molecule has 0 radical (unpaired) electrons. The number of thioether (sulfide) groups is 1. The van der Waals surface area contributed by atoms with E-state index in [1.54, 1.807) is 30.0 Å². The van der Waals surface area contributed by atoms with Gasteiger partial charge in [0.05, 0.1) is 22.9 Å². The van der Waals surface area contributed by atoms with Crippen LogP contribution in [-0.4, -0.2) is 14.7 Å². The number of benzene rings is 1. The van der Waals surface area contributed by atoms with Crippen LogP contribution in [-0.2, 0) is 12.8 Å². The molecule has 0 unspecified atom stereocenters. The zero-order valence-corrected chi connectivity index (χ0v) is 13.6. The smallest absolute Gasteiger partial charge is 0.261 e. The van der Waals surface area contributed by atoms with Gasteiger partial charge in [0.15, 0.2) is 10.9 Å². The second-order valence-corrected chi connectivity index (χ2v) is 6.17. The Morgan fingerprint density at radius 2 is 2.04 bits per heavy atom. The number of rotatable bonds is 4. The van der Waals surface area contributed by atoms with E-state index < -0.39 is 0 Å². The van der Waals surface area contributed by atoms with Gasteiger partial charge in [-0.2, -0.15) is 0 Å². The highest BCUT2D eigenvalue weighted by molar-refractivity contribution is 7.98. The standard InChI is InChI=1S/C17H13N3O3S/c1-20-16(21)12-5-2-3-6-13(12)18-17(20)24-10-11-9-15(23-19-11)14-7-4-8-22-14/h2-9H,10H2,1H3. The molecule has 0 amide bonds. The first-order valence-corrected chi connectivity index (χ1v) is 8.29. The number of para-hydroxylation sites is 1. The predicted octanol–water partition coefficient (Wildman–Crippen LogP) is 3.47. The zero-order valence-electron chi connectivity index (χ0n) is 12.8. The van der Waals surface area contributed by atoms with Crippen LogP contribution in [0.1, 0.15) is 5.69 Å². The van der Waals surface area contributed by atoms with Crippen LogP contribution in [0.4, 0.5) is 0 Å². The molecule has 0 spiro atoms. The van der Waals surface area contributed by atoms with Crippen LogP contribution in [0.15, 0.2) is 67.6 Å². The highest BCUT2D eigenvalue weighted by Gasteiger charge is 2.12. The van der Waals surface area contributed by atoms with Gasteiger partial charge in [0.25, 0.3) is 5.56 Å². The summed E-state index contributed by atoms with van der Waals surface area (Å²) in [5.74, 6) is 1.76. The molecule has 0 saturated carbocycles. The molecule has 4 aromatic rings. The van der Waals surface area contributed by atoms with Gasteiger partial charge in [-0.1, -0.05) is 29.1 Å². The van der Waals surface area contributed by atoms with Crippen LogP contribution < -0.4 is 5.56 Å². The van der Waals surface area contributed by atoms with Crippen LogP contribution in [0.25, 0.3) is 22.4 Å². The molecule has 0 aliphatic carbocycles. The van der Waals surface area contributed by atoms with Crippen LogP contribution >= 0.6 is 11.8 Å². The maximum absolute atomic E-state index is 12.4. The third kappa shape index (κ3) is 2.63. The predicted molar refractivity (Wildman–Crippen MR) is 90.8 cm³/mol. The Morgan fingerprint density at radius 3 is 2.88 bits per heavy atom. The molecule has 0 saturated heterocycles. The van der Waals surface area contributed by atoms with E-state index in [1.165, 1.54) is 11.8 Å². The number of aromatic nitrogens is 3. The first kappa shape index (κ1) is 14.8. The minimum Gasteiger partial charge on any atom is -0.461 e. The van der Waals surface area contributed by atoms with Gasteiger partial charge in [-0.15, -0.1) is 0 Å². The molecular formula is C17H13N3O3S. The number of hydrogen-bond acceptors (Lipinski definition) is 6. The summed E-state index contributed by atoms with van der Waals surface area (Å²) in [5.41, 5.74) is 1.40. The van der Waals surface area contributed by atoms with Gasteiger partial charge in [-0.25, -0.2) is 4.98 Å². The molecule has 0 bridgehead atoms. The van der Waals surface area contributed by atoms with Crippen molar-refractivity contribution in [2.24, 2.45) is 7.05 Å². The van der Waals surface area contributed by atoms with E-state index in [4.69, 9.17) is 8.94 Å². The molecule has 6 nitrogen and oxygen atoms in total. The van der Waals surface area contributed by atoms with E-state index in [-0.39, 0.29) is 5.56 Å². The minimum absolute atomic E-state index is 0.0560. The van der Waals surface area contributed by atoms with Crippen molar-refractivity contribution >= 4 is 22.7 Å². The molecule has 120 valence electrons. The highest BCUT2D eigenvalue weighted by atomic mass is 32.2. The molecule has 24 heavy (non-hydrogen) atoms. The van der Waals surface area contributed by atoms with Gasteiger partial charge < -0.3 is 8.94 Å². The quantitative estimate of drug-likeness (QED) is 0.419. The van der Waals surface area contributed by atoms with Gasteiger partial charge in [0, 0.05) is 18.9 Å². The fraction of sp³-hybridized carbons (Fsp3) is 0.118. The average Bonchev–Trinajstić information content (AvgIpc) is 3.28. The molecule has 4 rings (SSSR count). The van der Waals surface area contributed by atoms with E-state index in [9.17, 15) is 4.79 Å². The fourth-order valence-corrected chi connectivity index (χ4v) is 3.23. The third-order valence-electron chi connectivity index (χ3n) is 3.61. The molecule has 0 N–H and O–H groups in total. The van der Waals surface area contributed by atoms with Gasteiger partial charge in [-0.3, -0.25) is 9.36 Å². The van der Waals surface area contributed by atoms with Gasteiger partial charge in [0.1, 0.15) is 0 Å². The largest absolute Gasteiger partial charge is 0.461 e. The van der Waals surface area contributed by atoms with Crippen molar-refractivity contribution in [2.75, 3.05) is 0 Å². The SMILES string of the molecule is Cn1c(SCc2cc(-c3ccco3)on2)nc2ccccc2c1=O. The summed E-state index contributed by atoms with van der Waals surface area (Å²) in [7, 11) is 1.72. The van der Waals surface area contributed by atoms with E-state index >= 15 is 0 Å². The van der Waals surface area contributed by atoms with Gasteiger partial charge in [0.2, 0.25) is 5.76 Å². The van der Waals surface area contributed by atoms with Gasteiger partial charge in [-0.05, 0) is 24.3 Å². The molecule has 0 atom stereocenters. The van der Waals surface area contributed by atoms with Crippen LogP contribution in [0.5, 0.6) is 0 Å². The van der Waals surface area contributed by atoms with E-state index in [2.05, 4.69) is 10.1 Å². The lowest BCUT2D eigenvalue weighted by Crippen LogP contribution is -2.19. The number of hydrogen-bond donors (Lipinski definition) is 0. The van der Waals surface area contributed by atoms with Gasteiger partial charge >= 0.3 is 0 Å². The number of furan rings is 1. The third-order valence-corrected chi connectivity index (χ3v) is 4.68. The maximum Gasteiger partial charge on any atom is 0.261 e. The second kappa shape index (κ2) is 6.01. The Hall–Kier alpha value is -2.80. The number of fused-ring (bicyclic) bond motifs is 1. The summed E-state index contributed by atoms with van der Waals surface area (Å²) in [4.78, 5) is 16.9. The molecule has 0 fully saturated rings. The summed E-state index contributed by atoms with van der Waals surface area (Å²) in [5, 5.41) is 5.29. The van der Waals surface area contributed by atoms with Crippen LogP contribution in [0.2, 0.25) is 0 Å². The van der Waals surface area contributed by atoms with E-state index in [1.807, 2.05) is 30.3 Å². The summed E-state index contributed by atoms with van der Waals surface area (Å²) < 4.78 is 12.1. The van der Waals surface area contributed by atoms with Crippen LogP contribution in [0, 0.1) is 0 Å². The van der Waals surface area contributed by atoms with Crippen molar-refractivity contribution in [3.63, 3.8) is 0 Å². The lowest BCUT2D eigenvalue weighted by Gasteiger charge is -2.07. The van der Waals surface area contributed by atoms with Crippen molar-refractivity contribution in [2.45, 2.75) is 10.9 Å². The van der Waals surface area contributed by atoms with E-state index in [0.29, 0.717) is 33.3 Å². The van der Waals surface area contributed by atoms with Crippen molar-refractivity contribution in [3.8, 4) is 11.5 Å². The van der Waals surface area contributed by atoms with Crippen molar-refractivity contribution in [1.82, 2.24) is 14.7 Å².